The van der Waals surface area contributed by atoms with E-state index in [2.05, 4.69) is 0 Å². The smallest absolute Gasteiger partial charge is 0.337 e. The van der Waals surface area contributed by atoms with Crippen LogP contribution in [0.5, 0.6) is 11.5 Å². The average Bonchev–Trinajstić information content (AvgIpc) is 2.46. The summed E-state index contributed by atoms with van der Waals surface area (Å²) in [6, 6.07) is 13.3. The molecular weight excluding hydrogens is 260 g/mol. The van der Waals surface area contributed by atoms with Crippen LogP contribution in [0.1, 0.15) is 17.2 Å². The molecule has 0 aliphatic rings. The van der Waals surface area contributed by atoms with Crippen LogP contribution in [0.3, 0.4) is 0 Å². The van der Waals surface area contributed by atoms with Gasteiger partial charge in [0, 0.05) is 0 Å². The standard InChI is InChI=1S/C15H14O5/c16-12-7-6-11(14(17)15(18)19)8-13(12)20-9-10-4-2-1-3-5-10/h1-8,14,16-17H,9H2,(H,18,19). The summed E-state index contributed by atoms with van der Waals surface area (Å²) in [5.41, 5.74) is 1.06. The Balaban J connectivity index is 2.15. The van der Waals surface area contributed by atoms with Crippen molar-refractivity contribution in [3.05, 3.63) is 59.7 Å². The second kappa shape index (κ2) is 6.08. The summed E-state index contributed by atoms with van der Waals surface area (Å²) in [4.78, 5) is 10.7. The molecule has 5 heteroatoms. The number of ether oxygens (including phenoxy) is 1. The van der Waals surface area contributed by atoms with Crippen molar-refractivity contribution in [3.8, 4) is 11.5 Å². The Bertz CT molecular complexity index is 594. The molecule has 0 heterocycles. The summed E-state index contributed by atoms with van der Waals surface area (Å²) in [6.07, 6.45) is -1.64. The van der Waals surface area contributed by atoms with Gasteiger partial charge in [-0.05, 0) is 23.3 Å². The number of aliphatic hydroxyl groups excluding tert-OH is 1. The summed E-state index contributed by atoms with van der Waals surface area (Å²) in [7, 11) is 0. The van der Waals surface area contributed by atoms with Gasteiger partial charge < -0.3 is 20.1 Å². The topological polar surface area (TPSA) is 87.0 Å². The summed E-state index contributed by atoms with van der Waals surface area (Å²) in [5.74, 6) is -1.33. The molecule has 20 heavy (non-hydrogen) atoms. The van der Waals surface area contributed by atoms with Gasteiger partial charge in [-0.25, -0.2) is 4.79 Å². The van der Waals surface area contributed by atoms with E-state index in [0.717, 1.165) is 5.56 Å². The minimum Gasteiger partial charge on any atom is -0.504 e. The fourth-order valence-electron chi connectivity index (χ4n) is 1.69. The third-order valence-electron chi connectivity index (χ3n) is 2.77. The van der Waals surface area contributed by atoms with E-state index in [1.807, 2.05) is 30.3 Å². The SMILES string of the molecule is O=C(O)C(O)c1ccc(O)c(OCc2ccccc2)c1. The van der Waals surface area contributed by atoms with Crippen molar-refractivity contribution in [3.63, 3.8) is 0 Å². The maximum Gasteiger partial charge on any atom is 0.337 e. The molecule has 5 nitrogen and oxygen atoms in total. The molecule has 0 aliphatic heterocycles. The van der Waals surface area contributed by atoms with E-state index in [4.69, 9.17) is 9.84 Å². The molecule has 2 aromatic rings. The first-order valence-corrected chi connectivity index (χ1v) is 5.98. The number of carboxylic acid groups (broad SMARTS) is 1. The van der Waals surface area contributed by atoms with Crippen LogP contribution in [0.15, 0.2) is 48.5 Å². The largest absolute Gasteiger partial charge is 0.504 e. The monoisotopic (exact) mass is 274 g/mol. The molecule has 2 rings (SSSR count). The van der Waals surface area contributed by atoms with Crippen molar-refractivity contribution in [1.29, 1.82) is 0 Å². The van der Waals surface area contributed by atoms with Crippen LogP contribution in [-0.4, -0.2) is 21.3 Å². The minimum absolute atomic E-state index is 0.109. The van der Waals surface area contributed by atoms with Crippen LogP contribution in [0.4, 0.5) is 0 Å². The Morgan fingerprint density at radius 1 is 1.15 bits per heavy atom. The zero-order valence-electron chi connectivity index (χ0n) is 10.6. The Kier molecular flexibility index (Phi) is 4.22. The first-order chi connectivity index (χ1) is 9.58. The molecule has 104 valence electrons. The third kappa shape index (κ3) is 3.27. The lowest BCUT2D eigenvalue weighted by molar-refractivity contribution is -0.146. The summed E-state index contributed by atoms with van der Waals surface area (Å²) >= 11 is 0. The summed E-state index contributed by atoms with van der Waals surface area (Å²) < 4.78 is 5.44. The molecule has 0 bridgehead atoms. The Labute approximate surface area is 115 Å². The maximum absolute atomic E-state index is 10.7. The zero-order chi connectivity index (χ0) is 14.5. The second-order valence-corrected chi connectivity index (χ2v) is 4.24. The normalized spacial score (nSPS) is 11.8. The Hall–Kier alpha value is -2.53. The molecular formula is C15H14O5. The van der Waals surface area contributed by atoms with Crippen LogP contribution in [0.25, 0.3) is 0 Å². The van der Waals surface area contributed by atoms with Crippen molar-refractivity contribution in [2.24, 2.45) is 0 Å². The highest BCUT2D eigenvalue weighted by Gasteiger charge is 2.17. The van der Waals surface area contributed by atoms with Crippen LogP contribution >= 0.6 is 0 Å². The fourth-order valence-corrected chi connectivity index (χ4v) is 1.69. The number of benzene rings is 2. The van der Waals surface area contributed by atoms with Gasteiger partial charge in [-0.15, -0.1) is 0 Å². The van der Waals surface area contributed by atoms with Crippen molar-refractivity contribution in [2.75, 3.05) is 0 Å². The van der Waals surface area contributed by atoms with E-state index in [1.165, 1.54) is 18.2 Å². The third-order valence-corrected chi connectivity index (χ3v) is 2.77. The predicted molar refractivity (Wildman–Crippen MR) is 71.5 cm³/mol. The molecule has 3 N–H and O–H groups in total. The number of phenols is 1. The summed E-state index contributed by atoms with van der Waals surface area (Å²) in [5, 5.41) is 27.9. The van der Waals surface area contributed by atoms with Crippen molar-refractivity contribution in [2.45, 2.75) is 12.7 Å². The van der Waals surface area contributed by atoms with Crippen molar-refractivity contribution < 1.29 is 24.9 Å². The lowest BCUT2D eigenvalue weighted by atomic mass is 10.1. The second-order valence-electron chi connectivity index (χ2n) is 4.24. The van der Waals surface area contributed by atoms with Crippen LogP contribution < -0.4 is 4.74 Å². The molecule has 0 spiro atoms. The maximum atomic E-state index is 10.7. The van der Waals surface area contributed by atoms with Gasteiger partial charge in [0.1, 0.15) is 6.61 Å². The molecule has 1 unspecified atom stereocenters. The van der Waals surface area contributed by atoms with Gasteiger partial charge in [-0.2, -0.15) is 0 Å². The number of hydrogen-bond acceptors (Lipinski definition) is 4. The number of aliphatic hydroxyl groups is 1. The first kappa shape index (κ1) is 13.9. The molecule has 0 amide bonds. The van der Waals surface area contributed by atoms with Crippen LogP contribution in [0, 0.1) is 0 Å². The van der Waals surface area contributed by atoms with E-state index in [1.54, 1.807) is 0 Å². The van der Waals surface area contributed by atoms with Gasteiger partial charge in [0.2, 0.25) is 0 Å². The van der Waals surface area contributed by atoms with E-state index < -0.39 is 12.1 Å². The highest BCUT2D eigenvalue weighted by Crippen LogP contribution is 2.30. The van der Waals surface area contributed by atoms with Gasteiger partial charge in [0.15, 0.2) is 17.6 Å². The number of carbonyl (C=O) groups is 1. The van der Waals surface area contributed by atoms with Gasteiger partial charge >= 0.3 is 5.97 Å². The number of hydrogen-bond donors (Lipinski definition) is 3. The van der Waals surface area contributed by atoms with Gasteiger partial charge in [0.05, 0.1) is 0 Å². The van der Waals surface area contributed by atoms with Crippen molar-refractivity contribution >= 4 is 5.97 Å². The number of rotatable bonds is 5. The Morgan fingerprint density at radius 2 is 1.85 bits per heavy atom. The quantitative estimate of drug-likeness (QED) is 0.777. The molecule has 0 radical (unpaired) electrons. The molecule has 0 fully saturated rings. The minimum atomic E-state index is -1.64. The van der Waals surface area contributed by atoms with Gasteiger partial charge in [-0.1, -0.05) is 36.4 Å². The fraction of sp³-hybridized carbons (Fsp3) is 0.133. The molecule has 0 aromatic heterocycles. The molecule has 0 saturated carbocycles. The molecule has 1 atom stereocenters. The predicted octanol–water partition coefficient (Wildman–Crippen LogP) is 2.09. The average molecular weight is 274 g/mol. The highest BCUT2D eigenvalue weighted by atomic mass is 16.5. The number of phenolic OH excluding ortho intramolecular Hbond substituents is 1. The van der Waals surface area contributed by atoms with E-state index >= 15 is 0 Å². The van der Waals surface area contributed by atoms with Gasteiger partial charge in [0.25, 0.3) is 0 Å². The van der Waals surface area contributed by atoms with E-state index in [0.29, 0.717) is 0 Å². The van der Waals surface area contributed by atoms with Crippen LogP contribution in [0.2, 0.25) is 0 Å². The lowest BCUT2D eigenvalue weighted by Gasteiger charge is -2.11. The lowest BCUT2D eigenvalue weighted by Crippen LogP contribution is -2.10. The molecule has 0 aliphatic carbocycles. The highest BCUT2D eigenvalue weighted by molar-refractivity contribution is 5.74. The number of carboxylic acids is 1. The van der Waals surface area contributed by atoms with Gasteiger partial charge in [-0.3, -0.25) is 0 Å². The Morgan fingerprint density at radius 3 is 2.50 bits per heavy atom. The summed E-state index contributed by atoms with van der Waals surface area (Å²) in [6.45, 7) is 0.237. The van der Waals surface area contributed by atoms with Crippen molar-refractivity contribution in [1.82, 2.24) is 0 Å². The molecule has 0 saturated heterocycles. The van der Waals surface area contributed by atoms with E-state index in [9.17, 15) is 15.0 Å². The number of aromatic hydroxyl groups is 1. The molecule has 2 aromatic carbocycles. The zero-order valence-corrected chi connectivity index (χ0v) is 10.6. The van der Waals surface area contributed by atoms with Crippen LogP contribution in [-0.2, 0) is 11.4 Å². The van der Waals surface area contributed by atoms with E-state index in [-0.39, 0.29) is 23.7 Å². The number of aliphatic carboxylic acids is 1. The first-order valence-electron chi connectivity index (χ1n) is 5.98.